The van der Waals surface area contributed by atoms with E-state index < -0.39 is 0 Å². The maximum Gasteiger partial charge on any atom is 0.186 e. The topological polar surface area (TPSA) is 17.1 Å². The molecule has 70 valence electrons. The molecule has 1 aromatic heterocycles. The highest BCUT2D eigenvalue weighted by Crippen LogP contribution is 2.27. The first kappa shape index (κ1) is 9.62. The lowest BCUT2D eigenvalue weighted by Crippen LogP contribution is -2.23. The van der Waals surface area contributed by atoms with Crippen molar-refractivity contribution in [2.45, 2.75) is 5.25 Å². The Morgan fingerprint density at radius 2 is 2.38 bits per heavy atom. The minimum atomic E-state index is 0.206. The number of thiophene rings is 1. The van der Waals surface area contributed by atoms with Gasteiger partial charge in [-0.05, 0) is 11.4 Å². The largest absolute Gasteiger partial charge is 0.292 e. The molecule has 1 nitrogen and oxygen atoms in total. The van der Waals surface area contributed by atoms with Crippen molar-refractivity contribution in [3.05, 3.63) is 22.4 Å². The van der Waals surface area contributed by atoms with E-state index in [1.807, 2.05) is 29.3 Å². The lowest BCUT2D eigenvalue weighted by Gasteiger charge is -2.18. The van der Waals surface area contributed by atoms with Gasteiger partial charge in [0.1, 0.15) is 0 Å². The number of thioether (sulfide) groups is 2. The van der Waals surface area contributed by atoms with E-state index in [0.717, 1.165) is 16.4 Å². The monoisotopic (exact) mass is 230 g/mol. The third-order valence-electron chi connectivity index (χ3n) is 1.87. The van der Waals surface area contributed by atoms with Gasteiger partial charge in [0.15, 0.2) is 5.78 Å². The van der Waals surface area contributed by atoms with Crippen LogP contribution in [0.2, 0.25) is 0 Å². The molecule has 2 heterocycles. The van der Waals surface area contributed by atoms with E-state index in [4.69, 9.17) is 0 Å². The van der Waals surface area contributed by atoms with Crippen LogP contribution in [0.3, 0.4) is 0 Å². The van der Waals surface area contributed by atoms with Crippen LogP contribution in [0.5, 0.6) is 0 Å². The number of ketones is 1. The molecule has 0 aromatic carbocycles. The fourth-order valence-electron chi connectivity index (χ4n) is 1.22. The molecule has 1 fully saturated rings. The zero-order valence-corrected chi connectivity index (χ0v) is 9.51. The summed E-state index contributed by atoms with van der Waals surface area (Å²) in [6.07, 6.45) is 0. The second-order valence-electron chi connectivity index (χ2n) is 2.78. The molecule has 0 N–H and O–H groups in total. The SMILES string of the molecule is O=C(c1cccs1)C1CSCCS1. The first-order valence-electron chi connectivity index (χ1n) is 4.15. The normalized spacial score (nSPS) is 22.9. The third-order valence-corrected chi connectivity index (χ3v) is 5.51. The third kappa shape index (κ3) is 2.30. The number of carbonyl (C=O) groups is 1. The van der Waals surface area contributed by atoms with Gasteiger partial charge in [-0.1, -0.05) is 6.07 Å². The van der Waals surface area contributed by atoms with E-state index in [1.165, 1.54) is 5.75 Å². The second kappa shape index (κ2) is 4.53. The van der Waals surface area contributed by atoms with Gasteiger partial charge in [0.05, 0.1) is 10.1 Å². The van der Waals surface area contributed by atoms with Gasteiger partial charge in [0.2, 0.25) is 0 Å². The summed E-state index contributed by atoms with van der Waals surface area (Å²) >= 11 is 5.25. The van der Waals surface area contributed by atoms with Crippen LogP contribution in [-0.4, -0.2) is 28.3 Å². The molecular weight excluding hydrogens is 220 g/mol. The second-order valence-corrected chi connectivity index (χ2v) is 6.18. The first-order valence-corrected chi connectivity index (χ1v) is 7.23. The number of rotatable bonds is 2. The van der Waals surface area contributed by atoms with Crippen molar-refractivity contribution in [2.24, 2.45) is 0 Å². The number of Topliss-reactive ketones (excluding diaryl/α,β-unsaturated/α-hetero) is 1. The lowest BCUT2D eigenvalue weighted by atomic mass is 10.2. The predicted molar refractivity (Wildman–Crippen MR) is 62.2 cm³/mol. The molecule has 4 heteroatoms. The van der Waals surface area contributed by atoms with Crippen LogP contribution in [0.15, 0.2) is 17.5 Å². The van der Waals surface area contributed by atoms with Crippen LogP contribution in [0.4, 0.5) is 0 Å². The Bertz CT molecular complexity index is 275. The Morgan fingerprint density at radius 3 is 3.00 bits per heavy atom. The molecule has 2 rings (SSSR count). The van der Waals surface area contributed by atoms with Crippen LogP contribution in [0.25, 0.3) is 0 Å². The average Bonchev–Trinajstić information content (AvgIpc) is 2.71. The van der Waals surface area contributed by atoms with Crippen LogP contribution in [0.1, 0.15) is 9.67 Å². The number of hydrogen-bond donors (Lipinski definition) is 0. The van der Waals surface area contributed by atoms with E-state index in [0.29, 0.717) is 5.78 Å². The average molecular weight is 230 g/mol. The van der Waals surface area contributed by atoms with Crippen LogP contribution in [0, 0.1) is 0 Å². The van der Waals surface area contributed by atoms with E-state index >= 15 is 0 Å². The van der Waals surface area contributed by atoms with Gasteiger partial charge >= 0.3 is 0 Å². The fraction of sp³-hybridized carbons (Fsp3) is 0.444. The van der Waals surface area contributed by atoms with Crippen molar-refractivity contribution < 1.29 is 4.79 Å². The molecule has 0 radical (unpaired) electrons. The molecule has 13 heavy (non-hydrogen) atoms. The Morgan fingerprint density at radius 1 is 1.46 bits per heavy atom. The molecule has 0 saturated carbocycles. The van der Waals surface area contributed by atoms with Crippen LogP contribution < -0.4 is 0 Å². The Kier molecular flexibility index (Phi) is 3.35. The summed E-state index contributed by atoms with van der Waals surface area (Å²) in [5, 5.41) is 2.17. The maximum atomic E-state index is 11.8. The van der Waals surface area contributed by atoms with E-state index in [2.05, 4.69) is 0 Å². The summed E-state index contributed by atoms with van der Waals surface area (Å²) in [7, 11) is 0. The highest BCUT2D eigenvalue weighted by Gasteiger charge is 2.23. The Labute approximate surface area is 90.3 Å². The van der Waals surface area contributed by atoms with E-state index in [9.17, 15) is 4.79 Å². The highest BCUT2D eigenvalue weighted by molar-refractivity contribution is 8.07. The predicted octanol–water partition coefficient (Wildman–Crippen LogP) is 2.78. The molecule has 0 bridgehead atoms. The molecule has 1 unspecified atom stereocenters. The van der Waals surface area contributed by atoms with E-state index in [-0.39, 0.29) is 5.25 Å². The fourth-order valence-corrected chi connectivity index (χ4v) is 4.64. The van der Waals surface area contributed by atoms with Crippen molar-refractivity contribution in [2.75, 3.05) is 17.3 Å². The summed E-state index contributed by atoms with van der Waals surface area (Å²) in [4.78, 5) is 12.8. The van der Waals surface area contributed by atoms with Crippen molar-refractivity contribution >= 4 is 40.6 Å². The molecule has 0 aliphatic carbocycles. The van der Waals surface area contributed by atoms with E-state index in [1.54, 1.807) is 23.1 Å². The first-order chi connectivity index (χ1) is 6.38. The smallest absolute Gasteiger partial charge is 0.186 e. The molecule has 1 saturated heterocycles. The van der Waals surface area contributed by atoms with Gasteiger partial charge in [-0.3, -0.25) is 4.79 Å². The minimum Gasteiger partial charge on any atom is -0.292 e. The molecule has 1 aliphatic rings. The molecule has 1 aromatic rings. The van der Waals surface area contributed by atoms with Gasteiger partial charge in [-0.25, -0.2) is 0 Å². The minimum absolute atomic E-state index is 0.206. The molecule has 1 aliphatic heterocycles. The van der Waals surface area contributed by atoms with Crippen molar-refractivity contribution in [3.63, 3.8) is 0 Å². The zero-order valence-electron chi connectivity index (χ0n) is 7.06. The summed E-state index contributed by atoms with van der Waals surface area (Å²) in [5.41, 5.74) is 0. The van der Waals surface area contributed by atoms with Gasteiger partial charge in [-0.2, -0.15) is 11.8 Å². The lowest BCUT2D eigenvalue weighted by molar-refractivity contribution is 0.0999. The Hall–Kier alpha value is 0.0700. The summed E-state index contributed by atoms with van der Waals surface area (Å²) in [6, 6.07) is 3.87. The quantitative estimate of drug-likeness (QED) is 0.727. The maximum absolute atomic E-state index is 11.8. The zero-order chi connectivity index (χ0) is 9.10. The number of carbonyl (C=O) groups excluding carboxylic acids is 1. The highest BCUT2D eigenvalue weighted by atomic mass is 32.2. The van der Waals surface area contributed by atoms with Gasteiger partial charge in [0.25, 0.3) is 0 Å². The molecule has 0 amide bonds. The standard InChI is InChI=1S/C9H10OS3/c10-9(7-2-1-3-12-7)8-6-11-4-5-13-8/h1-3,8H,4-6H2. The summed E-state index contributed by atoms with van der Waals surface area (Å²) < 4.78 is 0. The van der Waals surface area contributed by atoms with Crippen LogP contribution in [-0.2, 0) is 0 Å². The van der Waals surface area contributed by atoms with Gasteiger partial charge in [-0.15, -0.1) is 23.1 Å². The molecule has 1 atom stereocenters. The molecule has 0 spiro atoms. The number of hydrogen-bond acceptors (Lipinski definition) is 4. The molecular formula is C9H10OS3. The van der Waals surface area contributed by atoms with Gasteiger partial charge < -0.3 is 0 Å². The van der Waals surface area contributed by atoms with Gasteiger partial charge in [0, 0.05) is 17.3 Å². The van der Waals surface area contributed by atoms with Crippen molar-refractivity contribution in [3.8, 4) is 0 Å². The Balaban J connectivity index is 2.04. The summed E-state index contributed by atoms with van der Waals surface area (Å²) in [6.45, 7) is 0. The van der Waals surface area contributed by atoms with Crippen molar-refractivity contribution in [1.82, 2.24) is 0 Å². The van der Waals surface area contributed by atoms with Crippen molar-refractivity contribution in [1.29, 1.82) is 0 Å². The van der Waals surface area contributed by atoms with Crippen LogP contribution >= 0.6 is 34.9 Å². The summed E-state index contributed by atoms with van der Waals surface area (Å²) in [5.74, 6) is 3.62.